The zero-order valence-electron chi connectivity index (χ0n) is 22.8. The van der Waals surface area contributed by atoms with Crippen LogP contribution in [0.1, 0.15) is 39.2 Å². The number of nitrogens with two attached hydrogens (primary N) is 1. The van der Waals surface area contributed by atoms with Crippen molar-refractivity contribution in [2.75, 3.05) is 46.6 Å². The number of aromatic nitrogens is 4. The highest BCUT2D eigenvalue weighted by Gasteiger charge is 2.23. The number of ether oxygens (including phenoxy) is 2. The van der Waals surface area contributed by atoms with Gasteiger partial charge in [0.2, 0.25) is 0 Å². The smallest absolute Gasteiger partial charge is 0.310 e. The predicted molar refractivity (Wildman–Crippen MR) is 144 cm³/mol. The van der Waals surface area contributed by atoms with Crippen molar-refractivity contribution < 1.29 is 14.3 Å². The van der Waals surface area contributed by atoms with E-state index in [0.717, 1.165) is 30.8 Å². The van der Waals surface area contributed by atoms with E-state index in [4.69, 9.17) is 20.3 Å². The second-order valence-corrected chi connectivity index (χ2v) is 10.9. The van der Waals surface area contributed by atoms with E-state index in [1.807, 2.05) is 43.7 Å². The molecular weight excluding hydrogens is 470 g/mol. The summed E-state index contributed by atoms with van der Waals surface area (Å²) in [6.07, 6.45) is 3.89. The fraction of sp³-hybridized carbons (Fsp3) is 0.556. The lowest BCUT2D eigenvalue weighted by Crippen LogP contribution is -2.42. The number of nitrogen functional groups attached to an aromatic ring is 1. The molecule has 0 amide bonds. The minimum atomic E-state index is -0.565. The lowest BCUT2D eigenvalue weighted by Gasteiger charge is -2.35. The Morgan fingerprint density at radius 1 is 1.16 bits per heavy atom. The molecule has 200 valence electrons. The first-order chi connectivity index (χ1) is 17.6. The van der Waals surface area contributed by atoms with Crippen LogP contribution in [-0.2, 0) is 22.5 Å². The van der Waals surface area contributed by atoms with E-state index in [0.29, 0.717) is 40.9 Å². The summed E-state index contributed by atoms with van der Waals surface area (Å²) in [5.41, 5.74) is 8.68. The molecule has 2 aromatic heterocycles. The molecular formula is C27H39N7O3. The Hall–Kier alpha value is -3.24. The van der Waals surface area contributed by atoms with Crippen molar-refractivity contribution in [1.82, 2.24) is 29.5 Å². The fourth-order valence-corrected chi connectivity index (χ4v) is 4.88. The molecule has 1 aliphatic heterocycles. The Bertz CT molecular complexity index is 1240. The molecule has 1 aromatic carbocycles. The van der Waals surface area contributed by atoms with Gasteiger partial charge in [0.25, 0.3) is 0 Å². The van der Waals surface area contributed by atoms with Crippen LogP contribution in [0.2, 0.25) is 0 Å². The van der Waals surface area contributed by atoms with Gasteiger partial charge in [-0.2, -0.15) is 5.10 Å². The third-order valence-corrected chi connectivity index (χ3v) is 6.78. The van der Waals surface area contributed by atoms with Crippen LogP contribution in [0.15, 0.2) is 24.5 Å². The summed E-state index contributed by atoms with van der Waals surface area (Å²) in [5.74, 6) is 0.672. The number of piperidine rings is 1. The van der Waals surface area contributed by atoms with E-state index in [2.05, 4.69) is 33.9 Å². The van der Waals surface area contributed by atoms with Gasteiger partial charge in [-0.25, -0.2) is 14.6 Å². The predicted octanol–water partition coefficient (Wildman–Crippen LogP) is 2.99. The molecule has 0 radical (unpaired) electrons. The molecule has 0 saturated carbocycles. The van der Waals surface area contributed by atoms with Crippen molar-refractivity contribution in [1.29, 1.82) is 0 Å². The van der Waals surface area contributed by atoms with E-state index in [1.165, 1.54) is 19.2 Å². The first-order valence-electron chi connectivity index (χ1n) is 12.8. The molecule has 3 heterocycles. The van der Waals surface area contributed by atoms with Crippen LogP contribution in [0.25, 0.3) is 22.3 Å². The van der Waals surface area contributed by atoms with Crippen molar-refractivity contribution >= 4 is 22.8 Å². The minimum Gasteiger partial charge on any atom is -0.496 e. The summed E-state index contributed by atoms with van der Waals surface area (Å²) < 4.78 is 13.0. The van der Waals surface area contributed by atoms with E-state index in [1.54, 1.807) is 7.11 Å². The van der Waals surface area contributed by atoms with Crippen molar-refractivity contribution in [3.8, 4) is 17.0 Å². The van der Waals surface area contributed by atoms with Crippen molar-refractivity contribution in [3.63, 3.8) is 0 Å². The van der Waals surface area contributed by atoms with Gasteiger partial charge in [0.1, 0.15) is 29.2 Å². The summed E-state index contributed by atoms with van der Waals surface area (Å²) in [4.78, 5) is 26.1. The maximum atomic E-state index is 12.6. The van der Waals surface area contributed by atoms with Crippen LogP contribution >= 0.6 is 0 Å². The topological polar surface area (TPSA) is 112 Å². The minimum absolute atomic E-state index is 0.0851. The quantitative estimate of drug-likeness (QED) is 0.458. The van der Waals surface area contributed by atoms with Gasteiger partial charge in [0, 0.05) is 23.7 Å². The average molecular weight is 510 g/mol. The van der Waals surface area contributed by atoms with Gasteiger partial charge in [-0.15, -0.1) is 0 Å². The van der Waals surface area contributed by atoms with Crippen LogP contribution in [0.3, 0.4) is 0 Å². The first-order valence-corrected chi connectivity index (χ1v) is 12.8. The average Bonchev–Trinajstić information content (AvgIpc) is 3.21. The zero-order valence-corrected chi connectivity index (χ0v) is 22.8. The molecule has 0 spiro atoms. The molecule has 0 aliphatic carbocycles. The van der Waals surface area contributed by atoms with Crippen molar-refractivity contribution in [2.45, 2.75) is 58.2 Å². The number of rotatable bonds is 8. The SMILES string of the molecule is COc1ccc(-c2nn(CCN3CCC(N(C)C)CC3)c3ncnc(N)c23)cc1CC(=O)OC(C)(C)C. The molecule has 0 unspecified atom stereocenters. The highest BCUT2D eigenvalue weighted by atomic mass is 16.6. The van der Waals surface area contributed by atoms with E-state index in [9.17, 15) is 4.79 Å². The third-order valence-electron chi connectivity index (χ3n) is 6.78. The number of fused-ring (bicyclic) bond motifs is 1. The largest absolute Gasteiger partial charge is 0.496 e. The third kappa shape index (κ3) is 6.37. The van der Waals surface area contributed by atoms with Gasteiger partial charge in [-0.1, -0.05) is 0 Å². The summed E-state index contributed by atoms with van der Waals surface area (Å²) in [7, 11) is 5.89. The summed E-state index contributed by atoms with van der Waals surface area (Å²) in [5, 5.41) is 5.64. The summed E-state index contributed by atoms with van der Waals surface area (Å²) in [6.45, 7) is 9.27. The molecule has 4 rings (SSSR count). The van der Waals surface area contributed by atoms with Gasteiger partial charge in [-0.05, 0) is 79.0 Å². The number of hydrogen-bond acceptors (Lipinski definition) is 9. The molecule has 1 fully saturated rings. The maximum absolute atomic E-state index is 12.6. The van der Waals surface area contributed by atoms with Gasteiger partial charge in [0.05, 0.1) is 25.5 Å². The monoisotopic (exact) mass is 509 g/mol. The molecule has 10 heteroatoms. The Morgan fingerprint density at radius 3 is 2.54 bits per heavy atom. The Labute approximate surface area is 218 Å². The molecule has 0 atom stereocenters. The lowest BCUT2D eigenvalue weighted by molar-refractivity contribution is -0.153. The number of likely N-dealkylation sites (tertiary alicyclic amines) is 1. The van der Waals surface area contributed by atoms with Crippen LogP contribution in [0, 0.1) is 0 Å². The van der Waals surface area contributed by atoms with Crippen molar-refractivity contribution in [3.05, 3.63) is 30.1 Å². The standard InChI is InChI=1S/C27H39N7O3/c1-27(2,3)37-22(35)16-19-15-18(7-8-21(19)36-6)24-23-25(28)29-17-30-26(23)34(31-24)14-13-33-11-9-20(10-12-33)32(4)5/h7-8,15,17,20H,9-14,16H2,1-6H3,(H2,28,29,30). The van der Waals surface area contributed by atoms with E-state index in [-0.39, 0.29) is 12.4 Å². The number of carbonyl (C=O) groups excluding carboxylic acids is 1. The molecule has 10 nitrogen and oxygen atoms in total. The van der Waals surface area contributed by atoms with Crippen LogP contribution in [0.5, 0.6) is 5.75 Å². The number of benzene rings is 1. The van der Waals surface area contributed by atoms with E-state index >= 15 is 0 Å². The highest BCUT2D eigenvalue weighted by Crippen LogP contribution is 2.33. The zero-order chi connectivity index (χ0) is 26.7. The molecule has 2 N–H and O–H groups in total. The molecule has 0 bridgehead atoms. The molecule has 3 aromatic rings. The fourth-order valence-electron chi connectivity index (χ4n) is 4.88. The molecule has 1 aliphatic rings. The number of anilines is 1. The number of esters is 1. The second kappa shape index (κ2) is 11.0. The molecule has 1 saturated heterocycles. The summed E-state index contributed by atoms with van der Waals surface area (Å²) >= 11 is 0. The van der Waals surface area contributed by atoms with Crippen LogP contribution in [0.4, 0.5) is 5.82 Å². The van der Waals surface area contributed by atoms with Gasteiger partial charge in [-0.3, -0.25) is 4.79 Å². The molecule has 37 heavy (non-hydrogen) atoms. The Kier molecular flexibility index (Phi) is 7.99. The number of nitrogens with zero attached hydrogens (tertiary/aromatic N) is 6. The van der Waals surface area contributed by atoms with Gasteiger partial charge >= 0.3 is 5.97 Å². The number of hydrogen-bond donors (Lipinski definition) is 1. The number of methoxy groups -OCH3 is 1. The first kappa shape index (κ1) is 26.8. The summed E-state index contributed by atoms with van der Waals surface area (Å²) in [6, 6.07) is 6.32. The normalized spacial score (nSPS) is 15.4. The van der Waals surface area contributed by atoms with Gasteiger partial charge < -0.3 is 25.0 Å². The van der Waals surface area contributed by atoms with Gasteiger partial charge in [0.15, 0.2) is 5.65 Å². The van der Waals surface area contributed by atoms with E-state index < -0.39 is 5.60 Å². The van der Waals surface area contributed by atoms with Crippen molar-refractivity contribution in [2.24, 2.45) is 0 Å². The number of carbonyl (C=O) groups is 1. The second-order valence-electron chi connectivity index (χ2n) is 10.9. The lowest BCUT2D eigenvalue weighted by atomic mass is 10.0. The highest BCUT2D eigenvalue weighted by molar-refractivity contribution is 5.98. The Morgan fingerprint density at radius 2 is 1.89 bits per heavy atom. The maximum Gasteiger partial charge on any atom is 0.310 e. The Balaban J connectivity index is 1.61. The van der Waals surface area contributed by atoms with Crippen LogP contribution < -0.4 is 10.5 Å². The van der Waals surface area contributed by atoms with Crippen LogP contribution in [-0.4, -0.2) is 88.0 Å².